The van der Waals surface area contributed by atoms with Gasteiger partial charge in [-0.3, -0.25) is 9.59 Å². The Bertz CT molecular complexity index is 404. The Morgan fingerprint density at radius 1 is 1.06 bits per heavy atom. The minimum absolute atomic E-state index is 0.0695. The lowest BCUT2D eigenvalue weighted by molar-refractivity contribution is -0.117. The Morgan fingerprint density at radius 2 is 1.59 bits per heavy atom. The van der Waals surface area contributed by atoms with E-state index in [4.69, 9.17) is 17.2 Å². The van der Waals surface area contributed by atoms with E-state index in [0.29, 0.717) is 12.2 Å². The maximum Gasteiger partial charge on any atom is 0.236 e. The number of para-hydroxylation sites is 1. The summed E-state index contributed by atoms with van der Waals surface area (Å²) in [6, 6.07) is 7.22. The number of anilines is 1. The van der Waals surface area contributed by atoms with Gasteiger partial charge in [0.25, 0.3) is 0 Å². The van der Waals surface area contributed by atoms with E-state index in [0.717, 1.165) is 5.56 Å². The van der Waals surface area contributed by atoms with Crippen LogP contribution in [0.3, 0.4) is 0 Å². The normalized spacial score (nSPS) is 9.94. The van der Waals surface area contributed by atoms with Gasteiger partial charge in [0.1, 0.15) is 0 Å². The van der Waals surface area contributed by atoms with Crippen molar-refractivity contribution in [3.8, 4) is 0 Å². The van der Waals surface area contributed by atoms with Gasteiger partial charge < -0.3 is 22.1 Å². The van der Waals surface area contributed by atoms with E-state index in [1.165, 1.54) is 4.90 Å². The molecule has 6 N–H and O–H groups in total. The topological polar surface area (TPSA) is 115 Å². The quantitative estimate of drug-likeness (QED) is 0.582. The van der Waals surface area contributed by atoms with Crippen LogP contribution < -0.4 is 22.1 Å². The van der Waals surface area contributed by atoms with Crippen LogP contribution >= 0.6 is 0 Å². The molecule has 0 aliphatic heterocycles. The number of carbonyl (C=O) groups excluding carboxylic acids is 2. The fourth-order valence-electron chi connectivity index (χ4n) is 1.59. The number of hydrogen-bond acceptors (Lipinski definition) is 4. The van der Waals surface area contributed by atoms with Gasteiger partial charge in [-0.2, -0.15) is 0 Å². The highest BCUT2D eigenvalue weighted by Crippen LogP contribution is 2.19. The molecular formula is C11H16N4O2. The van der Waals surface area contributed by atoms with E-state index in [-0.39, 0.29) is 13.1 Å². The second-order valence-electron chi connectivity index (χ2n) is 3.62. The van der Waals surface area contributed by atoms with Gasteiger partial charge in [-0.05, 0) is 11.6 Å². The first kappa shape index (κ1) is 13.0. The van der Waals surface area contributed by atoms with Crippen molar-refractivity contribution < 1.29 is 9.59 Å². The fraction of sp³-hybridized carbons (Fsp3) is 0.273. The summed E-state index contributed by atoms with van der Waals surface area (Å²) in [5.41, 5.74) is 17.4. The van der Waals surface area contributed by atoms with E-state index >= 15 is 0 Å². The average Bonchev–Trinajstić information content (AvgIpc) is 2.27. The number of primary amides is 2. The molecule has 0 aliphatic rings. The van der Waals surface area contributed by atoms with Crippen LogP contribution in [0.2, 0.25) is 0 Å². The van der Waals surface area contributed by atoms with E-state index in [1.54, 1.807) is 12.1 Å². The lowest BCUT2D eigenvalue weighted by Crippen LogP contribution is -2.40. The van der Waals surface area contributed by atoms with E-state index in [1.807, 2.05) is 12.1 Å². The third-order valence-electron chi connectivity index (χ3n) is 2.25. The van der Waals surface area contributed by atoms with Gasteiger partial charge in [-0.1, -0.05) is 18.2 Å². The van der Waals surface area contributed by atoms with Crippen molar-refractivity contribution >= 4 is 17.5 Å². The molecule has 92 valence electrons. The van der Waals surface area contributed by atoms with Gasteiger partial charge in [-0.15, -0.1) is 0 Å². The van der Waals surface area contributed by atoms with Crippen molar-refractivity contribution in [1.82, 2.24) is 0 Å². The van der Waals surface area contributed by atoms with Gasteiger partial charge in [0, 0.05) is 12.2 Å². The summed E-state index contributed by atoms with van der Waals surface area (Å²) in [4.78, 5) is 23.4. The molecule has 0 unspecified atom stereocenters. The number of nitrogens with zero attached hydrogens (tertiary/aromatic N) is 1. The van der Waals surface area contributed by atoms with Crippen LogP contribution in [-0.4, -0.2) is 24.9 Å². The minimum atomic E-state index is -0.530. The smallest absolute Gasteiger partial charge is 0.236 e. The fourth-order valence-corrected chi connectivity index (χ4v) is 1.59. The monoisotopic (exact) mass is 236 g/mol. The van der Waals surface area contributed by atoms with Crippen molar-refractivity contribution in [2.75, 3.05) is 18.0 Å². The Balaban J connectivity index is 3.02. The van der Waals surface area contributed by atoms with Crippen LogP contribution in [0.4, 0.5) is 5.69 Å². The highest BCUT2D eigenvalue weighted by atomic mass is 16.2. The summed E-state index contributed by atoms with van der Waals surface area (Å²) in [6.07, 6.45) is 0. The van der Waals surface area contributed by atoms with Gasteiger partial charge in [0.15, 0.2) is 0 Å². The first-order chi connectivity index (χ1) is 8.04. The number of rotatable bonds is 6. The number of carbonyl (C=O) groups is 2. The summed E-state index contributed by atoms with van der Waals surface area (Å²) < 4.78 is 0. The Labute approximate surface area is 99.4 Å². The lowest BCUT2D eigenvalue weighted by atomic mass is 10.1. The molecule has 0 aromatic heterocycles. The minimum Gasteiger partial charge on any atom is -0.368 e. The molecule has 6 heteroatoms. The largest absolute Gasteiger partial charge is 0.368 e. The Kier molecular flexibility index (Phi) is 4.47. The Morgan fingerprint density at radius 3 is 2.06 bits per heavy atom. The van der Waals surface area contributed by atoms with E-state index in [2.05, 4.69) is 0 Å². The predicted molar refractivity (Wildman–Crippen MR) is 64.9 cm³/mol. The SMILES string of the molecule is NCc1ccccc1N(CC(N)=O)CC(N)=O. The molecule has 0 atom stereocenters. The highest BCUT2D eigenvalue weighted by molar-refractivity contribution is 5.85. The van der Waals surface area contributed by atoms with Crippen molar-refractivity contribution in [2.45, 2.75) is 6.54 Å². The van der Waals surface area contributed by atoms with Crippen LogP contribution in [0.15, 0.2) is 24.3 Å². The van der Waals surface area contributed by atoms with E-state index < -0.39 is 11.8 Å². The van der Waals surface area contributed by atoms with Crippen LogP contribution in [0, 0.1) is 0 Å². The van der Waals surface area contributed by atoms with Crippen LogP contribution in [0.25, 0.3) is 0 Å². The summed E-state index contributed by atoms with van der Waals surface area (Å²) in [6.45, 7) is 0.171. The molecule has 0 radical (unpaired) electrons. The second kappa shape index (κ2) is 5.86. The first-order valence-corrected chi connectivity index (χ1v) is 5.14. The average molecular weight is 236 g/mol. The number of hydrogen-bond donors (Lipinski definition) is 3. The molecule has 0 aliphatic carbocycles. The van der Waals surface area contributed by atoms with E-state index in [9.17, 15) is 9.59 Å². The lowest BCUT2D eigenvalue weighted by Gasteiger charge is -2.24. The molecule has 1 aromatic rings. The molecule has 0 heterocycles. The molecule has 2 amide bonds. The molecule has 1 aromatic carbocycles. The standard InChI is InChI=1S/C11H16N4O2/c12-5-8-3-1-2-4-9(8)15(6-10(13)16)7-11(14)17/h1-4H,5-7,12H2,(H2,13,16)(H2,14,17). The molecule has 17 heavy (non-hydrogen) atoms. The zero-order chi connectivity index (χ0) is 12.8. The zero-order valence-corrected chi connectivity index (χ0v) is 9.43. The van der Waals surface area contributed by atoms with Gasteiger partial charge >= 0.3 is 0 Å². The second-order valence-corrected chi connectivity index (χ2v) is 3.62. The molecule has 0 spiro atoms. The summed E-state index contributed by atoms with van der Waals surface area (Å²) in [5.74, 6) is -1.06. The van der Waals surface area contributed by atoms with Crippen molar-refractivity contribution in [1.29, 1.82) is 0 Å². The maximum atomic E-state index is 11.0. The van der Waals surface area contributed by atoms with Crippen molar-refractivity contribution in [3.63, 3.8) is 0 Å². The number of nitrogens with two attached hydrogens (primary N) is 3. The highest BCUT2D eigenvalue weighted by Gasteiger charge is 2.14. The molecular weight excluding hydrogens is 220 g/mol. The summed E-state index contributed by atoms with van der Waals surface area (Å²) >= 11 is 0. The van der Waals surface area contributed by atoms with Crippen LogP contribution in [-0.2, 0) is 16.1 Å². The number of amides is 2. The van der Waals surface area contributed by atoms with Crippen molar-refractivity contribution in [3.05, 3.63) is 29.8 Å². The summed E-state index contributed by atoms with van der Waals surface area (Å²) in [7, 11) is 0. The first-order valence-electron chi connectivity index (χ1n) is 5.14. The van der Waals surface area contributed by atoms with Gasteiger partial charge in [0.2, 0.25) is 11.8 Å². The van der Waals surface area contributed by atoms with Gasteiger partial charge in [-0.25, -0.2) is 0 Å². The number of benzene rings is 1. The van der Waals surface area contributed by atoms with Crippen LogP contribution in [0.5, 0.6) is 0 Å². The maximum absolute atomic E-state index is 11.0. The Hall–Kier alpha value is -2.08. The third-order valence-corrected chi connectivity index (χ3v) is 2.25. The molecule has 0 bridgehead atoms. The molecule has 1 rings (SSSR count). The van der Waals surface area contributed by atoms with Crippen LogP contribution in [0.1, 0.15) is 5.56 Å². The molecule has 0 fully saturated rings. The molecule has 0 saturated carbocycles. The molecule has 0 saturated heterocycles. The third kappa shape index (κ3) is 3.76. The van der Waals surface area contributed by atoms with Gasteiger partial charge in [0.05, 0.1) is 13.1 Å². The predicted octanol–water partition coefficient (Wildman–Crippen LogP) is -1.08. The zero-order valence-electron chi connectivity index (χ0n) is 9.43. The summed E-state index contributed by atoms with van der Waals surface area (Å²) in [5, 5.41) is 0. The van der Waals surface area contributed by atoms with Crippen molar-refractivity contribution in [2.24, 2.45) is 17.2 Å². The molecule has 6 nitrogen and oxygen atoms in total.